The highest BCUT2D eigenvalue weighted by Gasteiger charge is 2.10. The Morgan fingerprint density at radius 2 is 2.19 bits per heavy atom. The molecule has 6 nitrogen and oxygen atoms in total. The summed E-state index contributed by atoms with van der Waals surface area (Å²) < 4.78 is 0. The minimum atomic E-state index is -0.00506. The summed E-state index contributed by atoms with van der Waals surface area (Å²) in [5.41, 5.74) is 5.34. The number of hydrogen-bond acceptors (Lipinski definition) is 6. The van der Waals surface area contributed by atoms with E-state index in [4.69, 9.17) is 5.73 Å². The maximum atomic E-state index is 11.5. The van der Waals surface area contributed by atoms with Gasteiger partial charge in [0.1, 0.15) is 16.5 Å². The van der Waals surface area contributed by atoms with E-state index in [0.717, 1.165) is 28.3 Å². The van der Waals surface area contributed by atoms with Crippen molar-refractivity contribution >= 4 is 33.3 Å². The minimum absolute atomic E-state index is 0.00506. The first-order valence-corrected chi connectivity index (χ1v) is 7.93. The van der Waals surface area contributed by atoms with Gasteiger partial charge in [0.2, 0.25) is 5.91 Å². The van der Waals surface area contributed by atoms with Gasteiger partial charge in [0.15, 0.2) is 0 Å². The van der Waals surface area contributed by atoms with Crippen LogP contribution in [0, 0.1) is 6.92 Å². The Labute approximate surface area is 128 Å². The molecule has 4 N–H and O–H groups in total. The van der Waals surface area contributed by atoms with Crippen LogP contribution in [0.4, 0.5) is 5.82 Å². The molecule has 2 heterocycles. The van der Waals surface area contributed by atoms with E-state index in [0.29, 0.717) is 26.1 Å². The maximum Gasteiger partial charge on any atom is 0.221 e. The summed E-state index contributed by atoms with van der Waals surface area (Å²) in [6.07, 6.45) is 1.39. The van der Waals surface area contributed by atoms with Gasteiger partial charge in [-0.25, -0.2) is 9.97 Å². The van der Waals surface area contributed by atoms with Gasteiger partial charge in [-0.15, -0.1) is 11.3 Å². The zero-order valence-electron chi connectivity index (χ0n) is 12.4. The highest BCUT2D eigenvalue weighted by Crippen LogP contribution is 2.29. The number of carbonyl (C=O) groups excluding carboxylic acids is 1. The van der Waals surface area contributed by atoms with E-state index in [-0.39, 0.29) is 5.91 Å². The second-order valence-electron chi connectivity index (χ2n) is 4.72. The lowest BCUT2D eigenvalue weighted by atomic mass is 10.3. The molecule has 2 aromatic rings. The van der Waals surface area contributed by atoms with Crippen LogP contribution in [-0.2, 0) is 11.2 Å². The van der Waals surface area contributed by atoms with Crippen molar-refractivity contribution in [1.82, 2.24) is 15.3 Å². The lowest BCUT2D eigenvalue weighted by Gasteiger charge is -2.07. The molecule has 0 saturated heterocycles. The van der Waals surface area contributed by atoms with E-state index in [1.807, 2.05) is 6.92 Å². The Kier molecular flexibility index (Phi) is 5.46. The number of amides is 1. The van der Waals surface area contributed by atoms with Crippen LogP contribution in [0.2, 0.25) is 0 Å². The largest absolute Gasteiger partial charge is 0.369 e. The summed E-state index contributed by atoms with van der Waals surface area (Å²) in [6, 6.07) is 2.12. The standard InChI is InChI=1S/C14H21N5OS/c1-3-10-8-11-13(18-9(2)19-14(11)21-10)17-6-4-12(20)16-7-5-15/h8H,3-7,15H2,1-2H3,(H,16,20)(H,17,18,19). The highest BCUT2D eigenvalue weighted by molar-refractivity contribution is 7.18. The predicted octanol–water partition coefficient (Wildman–Crippen LogP) is 1.44. The van der Waals surface area contributed by atoms with Crippen LogP contribution in [0.3, 0.4) is 0 Å². The van der Waals surface area contributed by atoms with Crippen molar-refractivity contribution < 1.29 is 4.79 Å². The number of nitrogens with two attached hydrogens (primary N) is 1. The first-order chi connectivity index (χ1) is 10.1. The van der Waals surface area contributed by atoms with Crippen LogP contribution < -0.4 is 16.4 Å². The van der Waals surface area contributed by atoms with Crippen LogP contribution in [0.25, 0.3) is 10.2 Å². The minimum Gasteiger partial charge on any atom is -0.369 e. The van der Waals surface area contributed by atoms with Crippen molar-refractivity contribution in [2.45, 2.75) is 26.7 Å². The van der Waals surface area contributed by atoms with Crippen molar-refractivity contribution in [3.8, 4) is 0 Å². The van der Waals surface area contributed by atoms with Gasteiger partial charge in [0.05, 0.1) is 5.39 Å². The van der Waals surface area contributed by atoms with Gasteiger partial charge in [0, 0.05) is 30.9 Å². The predicted molar refractivity (Wildman–Crippen MR) is 86.7 cm³/mol. The van der Waals surface area contributed by atoms with E-state index < -0.39 is 0 Å². The smallest absolute Gasteiger partial charge is 0.221 e. The van der Waals surface area contributed by atoms with Gasteiger partial charge in [-0.2, -0.15) is 0 Å². The molecule has 0 unspecified atom stereocenters. The Bertz CT molecular complexity index is 625. The molecule has 21 heavy (non-hydrogen) atoms. The van der Waals surface area contributed by atoms with Gasteiger partial charge in [0.25, 0.3) is 0 Å². The van der Waals surface area contributed by atoms with E-state index >= 15 is 0 Å². The molecule has 0 radical (unpaired) electrons. The quantitative estimate of drug-likeness (QED) is 0.720. The van der Waals surface area contributed by atoms with Crippen molar-refractivity contribution in [3.05, 3.63) is 16.8 Å². The monoisotopic (exact) mass is 307 g/mol. The normalized spacial score (nSPS) is 10.8. The average molecular weight is 307 g/mol. The highest BCUT2D eigenvalue weighted by atomic mass is 32.1. The van der Waals surface area contributed by atoms with Crippen molar-refractivity contribution in [1.29, 1.82) is 0 Å². The molecular formula is C14H21N5OS. The molecule has 0 aromatic carbocycles. The van der Waals surface area contributed by atoms with Crippen LogP contribution in [0.1, 0.15) is 24.0 Å². The van der Waals surface area contributed by atoms with E-state index in [1.54, 1.807) is 11.3 Å². The van der Waals surface area contributed by atoms with Crippen LogP contribution in [-0.4, -0.2) is 35.5 Å². The number of anilines is 1. The number of nitrogens with zero attached hydrogens (tertiary/aromatic N) is 2. The van der Waals surface area contributed by atoms with Crippen molar-refractivity contribution in [3.63, 3.8) is 0 Å². The Morgan fingerprint density at radius 3 is 2.90 bits per heavy atom. The Morgan fingerprint density at radius 1 is 1.38 bits per heavy atom. The summed E-state index contributed by atoms with van der Waals surface area (Å²) in [4.78, 5) is 22.7. The molecular weight excluding hydrogens is 286 g/mol. The van der Waals surface area contributed by atoms with E-state index in [9.17, 15) is 4.79 Å². The van der Waals surface area contributed by atoms with Crippen LogP contribution >= 0.6 is 11.3 Å². The Balaban J connectivity index is 2.04. The first-order valence-electron chi connectivity index (χ1n) is 7.11. The lowest BCUT2D eigenvalue weighted by molar-refractivity contribution is -0.120. The van der Waals surface area contributed by atoms with E-state index in [2.05, 4.69) is 33.6 Å². The zero-order chi connectivity index (χ0) is 15.2. The summed E-state index contributed by atoms with van der Waals surface area (Å²) in [5, 5.41) is 7.01. The molecule has 1 amide bonds. The molecule has 2 rings (SSSR count). The first kappa shape index (κ1) is 15.7. The van der Waals surface area contributed by atoms with Gasteiger partial charge < -0.3 is 16.4 Å². The molecule has 0 aliphatic heterocycles. The molecule has 0 fully saturated rings. The second kappa shape index (κ2) is 7.33. The fourth-order valence-electron chi connectivity index (χ4n) is 1.98. The fourth-order valence-corrected chi connectivity index (χ4v) is 2.99. The SMILES string of the molecule is CCc1cc2c(NCCC(=O)NCCN)nc(C)nc2s1. The number of nitrogens with one attached hydrogen (secondary N) is 2. The number of aryl methyl sites for hydroxylation is 2. The van der Waals surface area contributed by atoms with Crippen molar-refractivity contribution in [2.24, 2.45) is 5.73 Å². The Hall–Kier alpha value is -1.73. The summed E-state index contributed by atoms with van der Waals surface area (Å²) >= 11 is 1.69. The number of aromatic nitrogens is 2. The maximum absolute atomic E-state index is 11.5. The molecule has 0 atom stereocenters. The zero-order valence-corrected chi connectivity index (χ0v) is 13.2. The summed E-state index contributed by atoms with van der Waals surface area (Å²) in [5.74, 6) is 1.54. The number of thiophene rings is 1. The van der Waals surface area contributed by atoms with Gasteiger partial charge >= 0.3 is 0 Å². The molecule has 0 aliphatic carbocycles. The third kappa shape index (κ3) is 4.12. The number of rotatable bonds is 7. The second-order valence-corrected chi connectivity index (χ2v) is 5.84. The third-order valence-corrected chi connectivity index (χ3v) is 4.19. The number of carbonyl (C=O) groups is 1. The lowest BCUT2D eigenvalue weighted by Crippen LogP contribution is -2.30. The van der Waals surface area contributed by atoms with Gasteiger partial charge in [-0.1, -0.05) is 6.92 Å². The third-order valence-electron chi connectivity index (χ3n) is 3.02. The molecule has 0 bridgehead atoms. The molecule has 2 aromatic heterocycles. The topological polar surface area (TPSA) is 92.9 Å². The molecule has 0 aliphatic rings. The number of hydrogen-bond donors (Lipinski definition) is 3. The molecule has 114 valence electrons. The molecule has 0 saturated carbocycles. The summed E-state index contributed by atoms with van der Waals surface area (Å²) in [7, 11) is 0. The van der Waals surface area contributed by atoms with Crippen LogP contribution in [0.15, 0.2) is 6.07 Å². The summed E-state index contributed by atoms with van der Waals surface area (Å²) in [6.45, 7) is 5.52. The van der Waals surface area contributed by atoms with E-state index in [1.165, 1.54) is 4.88 Å². The molecule has 7 heteroatoms. The molecule has 0 spiro atoms. The van der Waals surface area contributed by atoms with Gasteiger partial charge in [-0.05, 0) is 19.4 Å². The van der Waals surface area contributed by atoms with Crippen LogP contribution in [0.5, 0.6) is 0 Å². The van der Waals surface area contributed by atoms with Crippen molar-refractivity contribution in [2.75, 3.05) is 25.0 Å². The fraction of sp³-hybridized carbons (Fsp3) is 0.500. The average Bonchev–Trinajstić information content (AvgIpc) is 2.88. The van der Waals surface area contributed by atoms with Gasteiger partial charge in [-0.3, -0.25) is 4.79 Å². The number of fused-ring (bicyclic) bond motifs is 1.